The maximum absolute atomic E-state index is 11.5. The lowest BCUT2D eigenvalue weighted by Gasteiger charge is -2.23. The Morgan fingerprint density at radius 3 is 2.36 bits per heavy atom. The lowest BCUT2D eigenvalue weighted by Crippen LogP contribution is -2.43. The largest absolute Gasteiger partial charge is 0.352 e. The van der Waals surface area contributed by atoms with Crippen molar-refractivity contribution in [2.45, 2.75) is 32.7 Å². The first-order chi connectivity index (χ1) is 6.50. The summed E-state index contributed by atoms with van der Waals surface area (Å²) >= 11 is 0. The van der Waals surface area contributed by atoms with Gasteiger partial charge in [-0.25, -0.2) is 0 Å². The van der Waals surface area contributed by atoms with Gasteiger partial charge in [-0.1, -0.05) is 13.8 Å². The summed E-state index contributed by atoms with van der Waals surface area (Å²) in [5, 5.41) is 3.13. The molecule has 1 aliphatic carbocycles. The second-order valence-electron chi connectivity index (χ2n) is 4.91. The van der Waals surface area contributed by atoms with Crippen molar-refractivity contribution in [3.63, 3.8) is 0 Å². The van der Waals surface area contributed by atoms with E-state index in [0.717, 1.165) is 5.92 Å². The summed E-state index contributed by atoms with van der Waals surface area (Å²) in [6, 6.07) is 0.391. The molecule has 1 unspecified atom stereocenters. The quantitative estimate of drug-likeness (QED) is 0.717. The lowest BCUT2D eigenvalue weighted by molar-refractivity contribution is -0.122. The summed E-state index contributed by atoms with van der Waals surface area (Å²) in [5.41, 5.74) is 0. The van der Waals surface area contributed by atoms with Crippen molar-refractivity contribution in [3.05, 3.63) is 0 Å². The van der Waals surface area contributed by atoms with Gasteiger partial charge in [-0.05, 0) is 38.8 Å². The summed E-state index contributed by atoms with van der Waals surface area (Å²) in [6.45, 7) is 4.85. The van der Waals surface area contributed by atoms with E-state index in [-0.39, 0.29) is 5.91 Å². The van der Waals surface area contributed by atoms with Crippen LogP contribution in [0.4, 0.5) is 0 Å². The fourth-order valence-electron chi connectivity index (χ4n) is 1.80. The molecule has 0 spiro atoms. The summed E-state index contributed by atoms with van der Waals surface area (Å²) in [7, 11) is 3.84. The van der Waals surface area contributed by atoms with E-state index >= 15 is 0 Å². The molecule has 3 nitrogen and oxygen atoms in total. The molecule has 1 atom stereocenters. The molecule has 0 radical (unpaired) electrons. The number of carbonyl (C=O) groups excluding carboxylic acids is 1. The molecule has 0 aromatic heterocycles. The molecule has 0 bridgehead atoms. The maximum Gasteiger partial charge on any atom is 0.234 e. The highest BCUT2D eigenvalue weighted by molar-refractivity contribution is 5.78. The first kappa shape index (κ1) is 11.5. The Bertz CT molecular complexity index is 195. The fourth-order valence-corrected chi connectivity index (χ4v) is 1.80. The summed E-state index contributed by atoms with van der Waals surface area (Å²) in [4.78, 5) is 13.5. The summed E-state index contributed by atoms with van der Waals surface area (Å²) < 4.78 is 0. The SMILES string of the molecule is CC(C)C(NC(=O)CN(C)C)C1CC1. The van der Waals surface area contributed by atoms with E-state index < -0.39 is 0 Å². The number of nitrogens with one attached hydrogen (secondary N) is 1. The van der Waals surface area contributed by atoms with Gasteiger partial charge in [-0.15, -0.1) is 0 Å². The van der Waals surface area contributed by atoms with Crippen LogP contribution in [-0.4, -0.2) is 37.5 Å². The molecule has 1 saturated carbocycles. The van der Waals surface area contributed by atoms with Crippen LogP contribution in [0.3, 0.4) is 0 Å². The zero-order valence-electron chi connectivity index (χ0n) is 9.71. The smallest absolute Gasteiger partial charge is 0.234 e. The number of nitrogens with zero attached hydrogens (tertiary/aromatic N) is 1. The molecule has 0 saturated heterocycles. The molecular formula is C11H22N2O. The van der Waals surface area contributed by atoms with Crippen molar-refractivity contribution in [1.82, 2.24) is 10.2 Å². The van der Waals surface area contributed by atoms with Crippen LogP contribution in [0.15, 0.2) is 0 Å². The van der Waals surface area contributed by atoms with Crippen molar-refractivity contribution in [2.24, 2.45) is 11.8 Å². The molecule has 1 amide bonds. The minimum atomic E-state index is 0.153. The van der Waals surface area contributed by atoms with Crippen LogP contribution < -0.4 is 5.32 Å². The van der Waals surface area contributed by atoms with Crippen LogP contribution in [0, 0.1) is 11.8 Å². The van der Waals surface area contributed by atoms with E-state index in [4.69, 9.17) is 0 Å². The van der Waals surface area contributed by atoms with Gasteiger partial charge in [0.1, 0.15) is 0 Å². The average Bonchev–Trinajstić information content (AvgIpc) is 2.80. The third-order valence-corrected chi connectivity index (χ3v) is 2.64. The van der Waals surface area contributed by atoms with Crippen LogP contribution in [0.2, 0.25) is 0 Å². The molecule has 0 heterocycles. The fraction of sp³-hybridized carbons (Fsp3) is 0.909. The highest BCUT2D eigenvalue weighted by Gasteiger charge is 2.33. The van der Waals surface area contributed by atoms with Gasteiger partial charge >= 0.3 is 0 Å². The molecule has 1 rings (SSSR count). The van der Waals surface area contributed by atoms with Crippen molar-refractivity contribution in [3.8, 4) is 0 Å². The van der Waals surface area contributed by atoms with Gasteiger partial charge in [-0.2, -0.15) is 0 Å². The van der Waals surface area contributed by atoms with Gasteiger partial charge in [0.25, 0.3) is 0 Å². The Morgan fingerprint density at radius 2 is 2.00 bits per heavy atom. The number of hydrogen-bond acceptors (Lipinski definition) is 2. The lowest BCUT2D eigenvalue weighted by atomic mass is 9.99. The van der Waals surface area contributed by atoms with Crippen LogP contribution in [0.1, 0.15) is 26.7 Å². The normalized spacial score (nSPS) is 18.7. The molecule has 14 heavy (non-hydrogen) atoms. The molecule has 82 valence electrons. The third-order valence-electron chi connectivity index (χ3n) is 2.64. The molecule has 1 fully saturated rings. The molecule has 1 N–H and O–H groups in total. The predicted octanol–water partition coefficient (Wildman–Crippen LogP) is 1.10. The van der Waals surface area contributed by atoms with E-state index in [0.29, 0.717) is 18.5 Å². The third kappa shape index (κ3) is 3.66. The summed E-state index contributed by atoms with van der Waals surface area (Å²) in [6.07, 6.45) is 2.57. The van der Waals surface area contributed by atoms with E-state index in [1.54, 1.807) is 0 Å². The van der Waals surface area contributed by atoms with Crippen LogP contribution >= 0.6 is 0 Å². The van der Waals surface area contributed by atoms with Crippen LogP contribution in [0.5, 0.6) is 0 Å². The molecule has 1 aliphatic rings. The van der Waals surface area contributed by atoms with Gasteiger partial charge < -0.3 is 10.2 Å². The Hall–Kier alpha value is -0.570. The molecule has 0 aromatic rings. The Morgan fingerprint density at radius 1 is 1.43 bits per heavy atom. The zero-order valence-corrected chi connectivity index (χ0v) is 9.71. The van der Waals surface area contributed by atoms with Gasteiger partial charge in [0.2, 0.25) is 5.91 Å². The number of amides is 1. The zero-order chi connectivity index (χ0) is 10.7. The summed E-state index contributed by atoms with van der Waals surface area (Å²) in [5.74, 6) is 1.44. The van der Waals surface area contributed by atoms with Crippen molar-refractivity contribution in [2.75, 3.05) is 20.6 Å². The van der Waals surface area contributed by atoms with E-state index in [1.165, 1.54) is 12.8 Å². The molecular weight excluding hydrogens is 176 g/mol. The monoisotopic (exact) mass is 198 g/mol. The first-order valence-electron chi connectivity index (χ1n) is 5.44. The van der Waals surface area contributed by atoms with Crippen molar-refractivity contribution >= 4 is 5.91 Å². The standard InChI is InChI=1S/C11H22N2O/c1-8(2)11(9-5-6-9)12-10(14)7-13(3)4/h8-9,11H,5-7H2,1-4H3,(H,12,14). The minimum Gasteiger partial charge on any atom is -0.352 e. The number of carbonyl (C=O) groups is 1. The van der Waals surface area contributed by atoms with Crippen LogP contribution in [-0.2, 0) is 4.79 Å². The first-order valence-corrected chi connectivity index (χ1v) is 5.44. The molecule has 0 aromatic carbocycles. The van der Waals surface area contributed by atoms with Gasteiger partial charge in [0.15, 0.2) is 0 Å². The van der Waals surface area contributed by atoms with E-state index in [1.807, 2.05) is 19.0 Å². The van der Waals surface area contributed by atoms with Gasteiger partial charge in [-0.3, -0.25) is 4.79 Å². The van der Waals surface area contributed by atoms with Crippen LogP contribution in [0.25, 0.3) is 0 Å². The number of hydrogen-bond donors (Lipinski definition) is 1. The van der Waals surface area contributed by atoms with Crippen molar-refractivity contribution < 1.29 is 4.79 Å². The van der Waals surface area contributed by atoms with E-state index in [2.05, 4.69) is 19.2 Å². The second kappa shape index (κ2) is 4.78. The molecule has 3 heteroatoms. The topological polar surface area (TPSA) is 32.3 Å². The second-order valence-corrected chi connectivity index (χ2v) is 4.91. The Kier molecular flexibility index (Phi) is 3.93. The number of likely N-dealkylation sites (N-methyl/N-ethyl adjacent to an activating group) is 1. The minimum absolute atomic E-state index is 0.153. The highest BCUT2D eigenvalue weighted by atomic mass is 16.2. The highest BCUT2D eigenvalue weighted by Crippen LogP contribution is 2.35. The van der Waals surface area contributed by atoms with E-state index in [9.17, 15) is 4.79 Å². The molecule has 0 aliphatic heterocycles. The van der Waals surface area contributed by atoms with Gasteiger partial charge in [0, 0.05) is 6.04 Å². The predicted molar refractivity (Wildman–Crippen MR) is 58.0 cm³/mol. The maximum atomic E-state index is 11.5. The Labute approximate surface area is 86.9 Å². The average molecular weight is 198 g/mol. The number of rotatable bonds is 5. The van der Waals surface area contributed by atoms with Gasteiger partial charge in [0.05, 0.1) is 6.54 Å². The Balaban J connectivity index is 2.35. The van der Waals surface area contributed by atoms with Crippen molar-refractivity contribution in [1.29, 1.82) is 0 Å².